The van der Waals surface area contributed by atoms with Gasteiger partial charge in [0.25, 0.3) is 5.84 Å². The van der Waals surface area contributed by atoms with Crippen LogP contribution in [0.2, 0.25) is 0 Å². The molecular weight excluding hydrogens is 416 g/mol. The van der Waals surface area contributed by atoms with Gasteiger partial charge in [0.05, 0.1) is 26.5 Å². The highest BCUT2D eigenvalue weighted by atomic mass is 32.2. The van der Waals surface area contributed by atoms with Crippen LogP contribution in [-0.4, -0.2) is 65.8 Å². The van der Waals surface area contributed by atoms with Crippen LogP contribution >= 0.6 is 11.8 Å². The fourth-order valence-corrected chi connectivity index (χ4v) is 4.55. The second kappa shape index (κ2) is 9.91. The number of carbonyl (C=O) groups is 3. The van der Waals surface area contributed by atoms with Gasteiger partial charge in [0.1, 0.15) is 12.0 Å². The highest BCUT2D eigenvalue weighted by Crippen LogP contribution is 2.36. The van der Waals surface area contributed by atoms with Crippen molar-refractivity contribution in [1.29, 1.82) is 0 Å². The SMILES string of the molecule is CCCC1=C(SCC(=O)Nc2ccc(OCC)cc2)C2C(=O)N(C)C(=O)[N+](C)=C2N=C1. The molecule has 2 aliphatic heterocycles. The van der Waals surface area contributed by atoms with Gasteiger partial charge in [0, 0.05) is 10.6 Å². The lowest BCUT2D eigenvalue weighted by Gasteiger charge is -2.28. The normalized spacial score (nSPS) is 18.5. The number of fused-ring (bicyclic) bond motifs is 1. The molecule has 1 unspecified atom stereocenters. The van der Waals surface area contributed by atoms with E-state index < -0.39 is 11.9 Å². The first kappa shape index (κ1) is 22.7. The first-order valence-corrected chi connectivity index (χ1v) is 11.2. The van der Waals surface area contributed by atoms with Gasteiger partial charge in [-0.15, -0.1) is 16.8 Å². The summed E-state index contributed by atoms with van der Waals surface area (Å²) >= 11 is 1.32. The third-order valence-electron chi connectivity index (χ3n) is 5.01. The van der Waals surface area contributed by atoms with Crippen LogP contribution in [0, 0.1) is 5.92 Å². The van der Waals surface area contributed by atoms with Crippen molar-refractivity contribution < 1.29 is 23.7 Å². The number of nitrogens with one attached hydrogen (secondary N) is 1. The number of urea groups is 1. The van der Waals surface area contributed by atoms with Crippen LogP contribution in [-0.2, 0) is 9.59 Å². The number of anilines is 1. The highest BCUT2D eigenvalue weighted by Gasteiger charge is 2.48. The Labute approximate surface area is 186 Å². The molecule has 0 aromatic heterocycles. The maximum absolute atomic E-state index is 12.9. The molecule has 0 bridgehead atoms. The Kier molecular flexibility index (Phi) is 7.27. The zero-order chi connectivity index (χ0) is 22.5. The minimum absolute atomic E-state index is 0.141. The molecule has 0 spiro atoms. The number of allylic oxidation sites excluding steroid dienone is 1. The molecule has 0 saturated carbocycles. The van der Waals surface area contributed by atoms with Crippen molar-refractivity contribution in [3.8, 4) is 5.75 Å². The Morgan fingerprint density at radius 3 is 2.61 bits per heavy atom. The smallest absolute Gasteiger partial charge is 0.445 e. The number of aliphatic imine (C=N–C) groups is 1. The predicted molar refractivity (Wildman–Crippen MR) is 122 cm³/mol. The second-order valence-electron chi connectivity index (χ2n) is 7.22. The molecule has 9 heteroatoms. The molecule has 0 aliphatic carbocycles. The number of nitrogens with zero attached hydrogens (tertiary/aromatic N) is 3. The molecule has 1 atom stereocenters. The number of dihydropyridines is 1. The Morgan fingerprint density at radius 2 is 1.97 bits per heavy atom. The average Bonchev–Trinajstić information content (AvgIpc) is 2.76. The van der Waals surface area contributed by atoms with Gasteiger partial charge in [0.2, 0.25) is 5.91 Å². The lowest BCUT2D eigenvalue weighted by Crippen LogP contribution is -2.52. The summed E-state index contributed by atoms with van der Waals surface area (Å²) in [5.41, 5.74) is 1.60. The largest absolute Gasteiger partial charge is 0.494 e. The molecule has 164 valence electrons. The lowest BCUT2D eigenvalue weighted by molar-refractivity contribution is -0.407. The Hall–Kier alpha value is -2.94. The molecule has 2 heterocycles. The number of amidine groups is 1. The summed E-state index contributed by atoms with van der Waals surface area (Å²) in [7, 11) is 3.08. The molecular formula is C22H27N4O4S+. The van der Waals surface area contributed by atoms with E-state index in [4.69, 9.17) is 4.74 Å². The molecule has 1 N–H and O–H groups in total. The van der Waals surface area contributed by atoms with Crippen molar-refractivity contribution in [2.45, 2.75) is 26.7 Å². The van der Waals surface area contributed by atoms with Gasteiger partial charge in [-0.05, 0) is 43.2 Å². The van der Waals surface area contributed by atoms with E-state index in [1.165, 1.54) is 23.4 Å². The number of rotatable bonds is 8. The van der Waals surface area contributed by atoms with Crippen molar-refractivity contribution in [1.82, 2.24) is 4.90 Å². The van der Waals surface area contributed by atoms with Crippen LogP contribution in [0.1, 0.15) is 26.7 Å². The van der Waals surface area contributed by atoms with E-state index in [9.17, 15) is 14.4 Å². The molecule has 31 heavy (non-hydrogen) atoms. The lowest BCUT2D eigenvalue weighted by atomic mass is 9.96. The number of hydrogen-bond donors (Lipinski definition) is 1. The average molecular weight is 444 g/mol. The zero-order valence-corrected chi connectivity index (χ0v) is 19.0. The maximum Gasteiger partial charge on any atom is 0.445 e. The van der Waals surface area contributed by atoms with Crippen LogP contribution in [0.3, 0.4) is 0 Å². The monoisotopic (exact) mass is 443 g/mol. The van der Waals surface area contributed by atoms with Gasteiger partial charge < -0.3 is 10.1 Å². The van der Waals surface area contributed by atoms with Gasteiger partial charge >= 0.3 is 11.9 Å². The first-order chi connectivity index (χ1) is 14.9. The number of amides is 4. The summed E-state index contributed by atoms with van der Waals surface area (Å²) in [6.45, 7) is 4.54. The van der Waals surface area contributed by atoms with Crippen molar-refractivity contribution in [2.24, 2.45) is 10.9 Å². The summed E-state index contributed by atoms with van der Waals surface area (Å²) < 4.78 is 6.81. The van der Waals surface area contributed by atoms with Crippen LogP contribution in [0.15, 0.2) is 39.7 Å². The molecule has 8 nitrogen and oxygen atoms in total. The summed E-state index contributed by atoms with van der Waals surface area (Å²) in [6, 6.07) is 6.76. The highest BCUT2D eigenvalue weighted by molar-refractivity contribution is 8.03. The van der Waals surface area contributed by atoms with Gasteiger partial charge in [-0.25, -0.2) is 4.79 Å². The molecule has 4 amide bonds. The van der Waals surface area contributed by atoms with E-state index in [2.05, 4.69) is 10.3 Å². The van der Waals surface area contributed by atoms with Gasteiger partial charge in [0.15, 0.2) is 5.92 Å². The maximum atomic E-state index is 12.9. The second-order valence-corrected chi connectivity index (χ2v) is 8.24. The van der Waals surface area contributed by atoms with Crippen molar-refractivity contribution in [3.63, 3.8) is 0 Å². The van der Waals surface area contributed by atoms with Crippen LogP contribution in [0.4, 0.5) is 10.5 Å². The standard InChI is InChI=1S/C22H26N4O4S/c1-5-7-14-12-23-20-18(21(28)26(4)22(29)25(20)3)19(14)31-13-17(27)24-15-8-10-16(11-9-15)30-6-2/h8-12,18H,5-7,13H2,1-4H3/p+1. The van der Waals surface area contributed by atoms with E-state index in [0.29, 0.717) is 18.1 Å². The molecule has 1 aromatic carbocycles. The van der Waals surface area contributed by atoms with Crippen molar-refractivity contribution in [2.75, 3.05) is 31.8 Å². The summed E-state index contributed by atoms with van der Waals surface area (Å²) in [5.74, 6) is 0.125. The minimum atomic E-state index is -0.664. The number of hydrogen-bond acceptors (Lipinski definition) is 6. The van der Waals surface area contributed by atoms with Crippen LogP contribution < -0.4 is 10.1 Å². The minimum Gasteiger partial charge on any atom is -0.494 e. The molecule has 0 radical (unpaired) electrons. The number of ether oxygens (including phenoxy) is 1. The van der Waals surface area contributed by atoms with Crippen molar-refractivity contribution in [3.05, 3.63) is 34.7 Å². The topological polar surface area (TPSA) is 91.1 Å². The fourth-order valence-electron chi connectivity index (χ4n) is 3.47. The van der Waals surface area contributed by atoms with E-state index >= 15 is 0 Å². The van der Waals surface area contributed by atoms with Crippen LogP contribution in [0.5, 0.6) is 5.75 Å². The van der Waals surface area contributed by atoms with Crippen LogP contribution in [0.25, 0.3) is 0 Å². The number of carbonyl (C=O) groups excluding carboxylic acids is 3. The molecule has 3 rings (SSSR count). The zero-order valence-electron chi connectivity index (χ0n) is 18.2. The number of imide groups is 1. The molecule has 0 fully saturated rings. The molecule has 1 aromatic rings. The number of benzene rings is 1. The first-order valence-electron chi connectivity index (χ1n) is 10.2. The fraction of sp³-hybridized carbons (Fsp3) is 0.409. The quantitative estimate of drug-likeness (QED) is 0.624. The Morgan fingerprint density at radius 1 is 1.26 bits per heavy atom. The van der Waals surface area contributed by atoms with E-state index in [-0.39, 0.29) is 17.6 Å². The Balaban J connectivity index is 1.77. The van der Waals surface area contributed by atoms with Gasteiger partial charge in [-0.3, -0.25) is 9.59 Å². The predicted octanol–water partition coefficient (Wildman–Crippen LogP) is 3.14. The summed E-state index contributed by atoms with van der Waals surface area (Å²) in [5, 5.41) is 2.87. The van der Waals surface area contributed by atoms with Gasteiger partial charge in [-0.2, -0.15) is 9.48 Å². The summed E-state index contributed by atoms with van der Waals surface area (Å²) in [4.78, 5) is 44.1. The molecule has 0 saturated heterocycles. The summed E-state index contributed by atoms with van der Waals surface area (Å²) in [6.07, 6.45) is 3.33. The Bertz CT molecular complexity index is 982. The van der Waals surface area contributed by atoms with Crippen molar-refractivity contribution >= 4 is 47.3 Å². The van der Waals surface area contributed by atoms with E-state index in [1.807, 2.05) is 13.8 Å². The number of thioether (sulfide) groups is 1. The third-order valence-corrected chi connectivity index (χ3v) is 6.23. The molecule has 2 aliphatic rings. The van der Waals surface area contributed by atoms with E-state index in [0.717, 1.165) is 34.0 Å². The third kappa shape index (κ3) is 4.87. The van der Waals surface area contributed by atoms with E-state index in [1.54, 1.807) is 37.5 Å². The van der Waals surface area contributed by atoms with Gasteiger partial charge in [-0.1, -0.05) is 13.3 Å².